The van der Waals surface area contributed by atoms with E-state index in [0.29, 0.717) is 0 Å². The minimum absolute atomic E-state index is 0.148. The molecule has 0 fully saturated rings. The normalized spacial score (nSPS) is 12.6. The SMILES string of the molecule is CC1(C)c2cc(-c3ccc(N(c4ccccc4)c4ccccc4-c4ccccc4)cc3)c(-c3ccccc3)cc2-c2c(-c3ccccc3)cccc21. The van der Waals surface area contributed by atoms with Gasteiger partial charge in [-0.25, -0.2) is 0 Å². The lowest BCUT2D eigenvalue weighted by Crippen LogP contribution is -2.15. The van der Waals surface area contributed by atoms with Crippen LogP contribution in [-0.2, 0) is 5.41 Å². The average Bonchev–Trinajstić information content (AvgIpc) is 3.44. The second-order valence-electron chi connectivity index (χ2n) is 14.1. The molecule has 9 rings (SSSR count). The zero-order chi connectivity index (χ0) is 35.1. The molecule has 0 bridgehead atoms. The van der Waals surface area contributed by atoms with Crippen molar-refractivity contribution >= 4 is 17.1 Å². The topological polar surface area (TPSA) is 3.24 Å². The molecule has 1 heteroatoms. The Kier molecular flexibility index (Phi) is 7.90. The quantitative estimate of drug-likeness (QED) is 0.164. The van der Waals surface area contributed by atoms with Crippen LogP contribution in [0.2, 0.25) is 0 Å². The zero-order valence-electron chi connectivity index (χ0n) is 29.5. The highest BCUT2D eigenvalue weighted by Crippen LogP contribution is 2.54. The molecule has 52 heavy (non-hydrogen) atoms. The molecule has 0 heterocycles. The van der Waals surface area contributed by atoms with E-state index in [1.807, 2.05) is 0 Å². The summed E-state index contributed by atoms with van der Waals surface area (Å²) >= 11 is 0. The van der Waals surface area contributed by atoms with Crippen LogP contribution in [0.1, 0.15) is 25.0 Å². The number of hydrogen-bond donors (Lipinski definition) is 0. The first-order valence-corrected chi connectivity index (χ1v) is 18.1. The maximum atomic E-state index is 2.47. The van der Waals surface area contributed by atoms with Crippen molar-refractivity contribution in [2.24, 2.45) is 0 Å². The Hall–Kier alpha value is -6.44. The largest absolute Gasteiger partial charge is 0.310 e. The molecule has 0 saturated heterocycles. The van der Waals surface area contributed by atoms with Crippen molar-refractivity contribution in [1.82, 2.24) is 0 Å². The summed E-state index contributed by atoms with van der Waals surface area (Å²) in [6, 6.07) is 72.6. The lowest BCUT2D eigenvalue weighted by molar-refractivity contribution is 0.661. The van der Waals surface area contributed by atoms with Gasteiger partial charge in [-0.05, 0) is 104 Å². The van der Waals surface area contributed by atoms with Crippen molar-refractivity contribution < 1.29 is 0 Å². The smallest absolute Gasteiger partial charge is 0.0540 e. The Bertz CT molecular complexity index is 2500. The average molecular weight is 666 g/mol. The van der Waals surface area contributed by atoms with Gasteiger partial charge in [0.05, 0.1) is 5.69 Å². The molecule has 0 spiro atoms. The van der Waals surface area contributed by atoms with Crippen LogP contribution in [0, 0.1) is 0 Å². The molecule has 0 amide bonds. The Morgan fingerprint density at radius 2 is 0.788 bits per heavy atom. The first kappa shape index (κ1) is 31.5. The van der Waals surface area contributed by atoms with E-state index >= 15 is 0 Å². The molecule has 0 saturated carbocycles. The summed E-state index contributed by atoms with van der Waals surface area (Å²) in [4.78, 5) is 2.37. The van der Waals surface area contributed by atoms with Gasteiger partial charge >= 0.3 is 0 Å². The molecule has 0 N–H and O–H groups in total. The number of hydrogen-bond acceptors (Lipinski definition) is 1. The van der Waals surface area contributed by atoms with Gasteiger partial charge in [-0.3, -0.25) is 0 Å². The third-order valence-electron chi connectivity index (χ3n) is 10.7. The maximum Gasteiger partial charge on any atom is 0.0540 e. The lowest BCUT2D eigenvalue weighted by Gasteiger charge is -2.28. The fourth-order valence-electron chi connectivity index (χ4n) is 8.11. The van der Waals surface area contributed by atoms with E-state index in [4.69, 9.17) is 0 Å². The summed E-state index contributed by atoms with van der Waals surface area (Å²) in [5.74, 6) is 0. The molecule has 0 atom stereocenters. The molecule has 1 aliphatic carbocycles. The van der Waals surface area contributed by atoms with Gasteiger partial charge in [-0.15, -0.1) is 0 Å². The van der Waals surface area contributed by atoms with Crippen LogP contribution < -0.4 is 4.90 Å². The molecule has 1 aliphatic rings. The number of fused-ring (bicyclic) bond motifs is 3. The molecular weight excluding hydrogens is 627 g/mol. The van der Waals surface area contributed by atoms with Crippen LogP contribution >= 0.6 is 0 Å². The third kappa shape index (κ3) is 5.43. The molecule has 8 aromatic carbocycles. The molecule has 8 aromatic rings. The van der Waals surface area contributed by atoms with Crippen molar-refractivity contribution in [3.05, 3.63) is 211 Å². The summed E-state index contributed by atoms with van der Waals surface area (Å²) in [7, 11) is 0. The summed E-state index contributed by atoms with van der Waals surface area (Å²) in [5.41, 5.74) is 18.5. The zero-order valence-corrected chi connectivity index (χ0v) is 29.5. The number of nitrogens with zero attached hydrogens (tertiary/aromatic N) is 1. The predicted octanol–water partition coefficient (Wildman–Crippen LogP) is 14.1. The van der Waals surface area contributed by atoms with Gasteiger partial charge < -0.3 is 4.90 Å². The highest BCUT2D eigenvalue weighted by atomic mass is 15.1. The van der Waals surface area contributed by atoms with E-state index in [0.717, 1.165) is 17.1 Å². The summed E-state index contributed by atoms with van der Waals surface area (Å²) < 4.78 is 0. The van der Waals surface area contributed by atoms with Crippen molar-refractivity contribution in [2.75, 3.05) is 4.90 Å². The number of anilines is 3. The molecule has 0 radical (unpaired) electrons. The number of benzene rings is 8. The summed E-state index contributed by atoms with van der Waals surface area (Å²) in [5, 5.41) is 0. The highest BCUT2D eigenvalue weighted by Gasteiger charge is 2.38. The first-order valence-electron chi connectivity index (χ1n) is 18.1. The van der Waals surface area contributed by atoms with Crippen LogP contribution in [-0.4, -0.2) is 0 Å². The van der Waals surface area contributed by atoms with Crippen LogP contribution in [0.4, 0.5) is 17.1 Å². The molecule has 248 valence electrons. The fourth-order valence-corrected chi connectivity index (χ4v) is 8.11. The van der Waals surface area contributed by atoms with E-state index < -0.39 is 0 Å². The highest BCUT2D eigenvalue weighted by molar-refractivity contribution is 5.98. The van der Waals surface area contributed by atoms with E-state index in [2.05, 4.69) is 219 Å². The Morgan fingerprint density at radius 3 is 1.42 bits per heavy atom. The predicted molar refractivity (Wildman–Crippen MR) is 220 cm³/mol. The first-order chi connectivity index (χ1) is 25.6. The minimum Gasteiger partial charge on any atom is -0.310 e. The van der Waals surface area contributed by atoms with Crippen LogP contribution in [0.15, 0.2) is 200 Å². The second kappa shape index (κ2) is 13.0. The number of para-hydroxylation sites is 2. The van der Waals surface area contributed by atoms with Gasteiger partial charge in [0.15, 0.2) is 0 Å². The summed E-state index contributed by atoms with van der Waals surface area (Å²) in [6.45, 7) is 4.76. The molecule has 1 nitrogen and oxygen atoms in total. The van der Waals surface area contributed by atoms with Crippen molar-refractivity contribution in [2.45, 2.75) is 19.3 Å². The van der Waals surface area contributed by atoms with E-state index in [1.165, 1.54) is 66.8 Å². The molecule has 0 unspecified atom stereocenters. The molecular formula is C51H39N. The van der Waals surface area contributed by atoms with Crippen molar-refractivity contribution in [3.8, 4) is 55.6 Å². The van der Waals surface area contributed by atoms with Crippen molar-refractivity contribution in [1.29, 1.82) is 0 Å². The second-order valence-corrected chi connectivity index (χ2v) is 14.1. The van der Waals surface area contributed by atoms with Crippen molar-refractivity contribution in [3.63, 3.8) is 0 Å². The minimum atomic E-state index is -0.148. The van der Waals surface area contributed by atoms with Gasteiger partial charge in [-0.2, -0.15) is 0 Å². The maximum absolute atomic E-state index is 2.47. The third-order valence-corrected chi connectivity index (χ3v) is 10.7. The van der Waals surface area contributed by atoms with Gasteiger partial charge in [0.1, 0.15) is 0 Å². The van der Waals surface area contributed by atoms with Gasteiger partial charge in [0.25, 0.3) is 0 Å². The Balaban J connectivity index is 1.21. The number of rotatable bonds is 7. The monoisotopic (exact) mass is 665 g/mol. The van der Waals surface area contributed by atoms with E-state index in [9.17, 15) is 0 Å². The van der Waals surface area contributed by atoms with Crippen LogP contribution in [0.3, 0.4) is 0 Å². The van der Waals surface area contributed by atoms with Gasteiger partial charge in [-0.1, -0.05) is 172 Å². The van der Waals surface area contributed by atoms with Crippen LogP contribution in [0.5, 0.6) is 0 Å². The standard InChI is InChI=1S/C51H39N/c1-51(2)47-28-17-27-43(37-20-9-4-10-21-37)50(47)46-34-44(38-22-11-5-12-23-38)45(35-48(46)51)39-30-32-41(33-31-39)52(40-24-13-6-14-25-40)49-29-16-15-26-42(49)36-18-7-3-8-19-36/h3-35H,1-2H3. The molecule has 0 aliphatic heterocycles. The van der Waals surface area contributed by atoms with E-state index in [-0.39, 0.29) is 5.41 Å². The van der Waals surface area contributed by atoms with Gasteiger partial charge in [0.2, 0.25) is 0 Å². The van der Waals surface area contributed by atoms with Gasteiger partial charge in [0, 0.05) is 22.4 Å². The van der Waals surface area contributed by atoms with Crippen LogP contribution in [0.25, 0.3) is 55.6 Å². The Labute approximate surface area is 307 Å². The Morgan fingerprint density at radius 1 is 0.327 bits per heavy atom. The summed E-state index contributed by atoms with van der Waals surface area (Å²) in [6.07, 6.45) is 0. The lowest BCUT2D eigenvalue weighted by atomic mass is 9.80. The molecule has 0 aromatic heterocycles. The fraction of sp³-hybridized carbons (Fsp3) is 0.0588. The van der Waals surface area contributed by atoms with E-state index in [1.54, 1.807) is 0 Å².